The van der Waals surface area contributed by atoms with E-state index in [2.05, 4.69) is 25.6 Å². The Bertz CT molecular complexity index is 1370. The summed E-state index contributed by atoms with van der Waals surface area (Å²) in [4.78, 5) is 25.0. The van der Waals surface area contributed by atoms with Gasteiger partial charge in [-0.3, -0.25) is 14.8 Å². The van der Waals surface area contributed by atoms with Crippen LogP contribution in [0.1, 0.15) is 29.9 Å². The second-order valence-corrected chi connectivity index (χ2v) is 7.86. The first-order valence-electron chi connectivity index (χ1n) is 9.95. The number of amides is 1. The van der Waals surface area contributed by atoms with Gasteiger partial charge in [0.2, 0.25) is 0 Å². The lowest BCUT2D eigenvalue weighted by Gasteiger charge is -2.19. The van der Waals surface area contributed by atoms with Gasteiger partial charge in [0.1, 0.15) is 5.69 Å². The first kappa shape index (κ1) is 22.2. The Morgan fingerprint density at radius 3 is 2.76 bits per heavy atom. The zero-order valence-electron chi connectivity index (χ0n) is 17.7. The number of imidazole rings is 1. The first-order valence-corrected chi connectivity index (χ1v) is 10.3. The van der Waals surface area contributed by atoms with Crippen molar-refractivity contribution in [1.29, 1.82) is 5.41 Å². The van der Waals surface area contributed by atoms with Crippen LogP contribution in [-0.4, -0.2) is 37.5 Å². The smallest absolute Gasteiger partial charge is 0.275 e. The Labute approximate surface area is 193 Å². The molecule has 3 heterocycles. The second-order valence-electron chi connectivity index (χ2n) is 7.48. The van der Waals surface area contributed by atoms with Gasteiger partial charge in [-0.05, 0) is 26.0 Å². The number of aromatic nitrogens is 4. The van der Waals surface area contributed by atoms with Crippen molar-refractivity contribution in [3.05, 3.63) is 65.1 Å². The number of nitrogens with one attached hydrogen (secondary N) is 3. The molecule has 0 atom stereocenters. The molecule has 5 N–H and O–H groups in total. The molecule has 9 nitrogen and oxygen atoms in total. The lowest BCUT2D eigenvalue weighted by molar-refractivity contribution is 0.102. The number of anilines is 3. The average Bonchev–Trinajstić information content (AvgIpc) is 3.20. The number of halogens is 2. The molecule has 4 aromatic rings. The van der Waals surface area contributed by atoms with Crippen LogP contribution in [0.25, 0.3) is 16.9 Å². The summed E-state index contributed by atoms with van der Waals surface area (Å²) < 4.78 is 16.7. The molecule has 168 valence electrons. The van der Waals surface area contributed by atoms with Crippen LogP contribution in [0.5, 0.6) is 0 Å². The van der Waals surface area contributed by atoms with Crippen LogP contribution in [0.3, 0.4) is 0 Å². The summed E-state index contributed by atoms with van der Waals surface area (Å²) in [5.41, 5.74) is 7.66. The van der Waals surface area contributed by atoms with E-state index < -0.39 is 11.7 Å². The molecule has 0 unspecified atom stereocenters. The largest absolute Gasteiger partial charge is 0.396 e. The minimum absolute atomic E-state index is 0.0421. The number of nitrogens with zero attached hydrogens (tertiary/aromatic N) is 4. The highest BCUT2D eigenvalue weighted by Gasteiger charge is 2.23. The van der Waals surface area contributed by atoms with E-state index in [1.54, 1.807) is 35.0 Å². The maximum absolute atomic E-state index is 15.1. The fourth-order valence-electron chi connectivity index (χ4n) is 3.32. The summed E-state index contributed by atoms with van der Waals surface area (Å²) in [7, 11) is 0. The number of carbonyl (C=O) groups is 1. The molecule has 4 rings (SSSR count). The van der Waals surface area contributed by atoms with Gasteiger partial charge in [0.25, 0.3) is 5.91 Å². The van der Waals surface area contributed by atoms with Crippen molar-refractivity contribution in [1.82, 2.24) is 19.4 Å². The van der Waals surface area contributed by atoms with E-state index in [0.717, 1.165) is 6.21 Å². The number of carbonyl (C=O) groups excluding carboxylic acids is 1. The topological polar surface area (TPSA) is 134 Å². The van der Waals surface area contributed by atoms with Crippen LogP contribution in [0, 0.1) is 11.2 Å². The van der Waals surface area contributed by atoms with Crippen LogP contribution in [0.4, 0.5) is 21.6 Å². The van der Waals surface area contributed by atoms with Crippen LogP contribution < -0.4 is 16.4 Å². The van der Waals surface area contributed by atoms with Gasteiger partial charge in [-0.25, -0.2) is 9.37 Å². The van der Waals surface area contributed by atoms with Gasteiger partial charge >= 0.3 is 0 Å². The van der Waals surface area contributed by atoms with Gasteiger partial charge in [0, 0.05) is 35.8 Å². The summed E-state index contributed by atoms with van der Waals surface area (Å²) in [5, 5.41) is 13.2. The normalized spacial score (nSPS) is 11.1. The fourth-order valence-corrected chi connectivity index (χ4v) is 3.61. The summed E-state index contributed by atoms with van der Waals surface area (Å²) in [6, 6.07) is 4.91. The van der Waals surface area contributed by atoms with E-state index in [1.807, 2.05) is 13.8 Å². The highest BCUT2D eigenvalue weighted by molar-refractivity contribution is 6.35. The predicted octanol–water partition coefficient (Wildman–Crippen LogP) is 4.24. The fraction of sp³-hybridized carbons (Fsp3) is 0.136. The highest BCUT2D eigenvalue weighted by Crippen LogP contribution is 2.41. The molecule has 0 saturated heterocycles. The number of hydrogen-bond acceptors (Lipinski definition) is 7. The molecule has 0 spiro atoms. The first-order chi connectivity index (χ1) is 15.8. The maximum atomic E-state index is 15.1. The molecule has 0 fully saturated rings. The quantitative estimate of drug-likeness (QED) is 0.248. The zero-order valence-corrected chi connectivity index (χ0v) is 18.5. The number of fused-ring (bicyclic) bond motifs is 1. The lowest BCUT2D eigenvalue weighted by Crippen LogP contribution is -2.15. The molecule has 11 heteroatoms. The van der Waals surface area contributed by atoms with Crippen molar-refractivity contribution in [3.8, 4) is 11.3 Å². The monoisotopic (exact) mass is 466 g/mol. The van der Waals surface area contributed by atoms with Gasteiger partial charge in [0.15, 0.2) is 17.3 Å². The number of nitrogens with two attached hydrogens (primary N) is 1. The third-order valence-electron chi connectivity index (χ3n) is 4.77. The standard InChI is InChI=1S/C22H20ClFN8O/c1-11(2)29-21-19(24)18(23)17(12(7-25)20(21)26)14-9-32-10-15(30-16(32)8-28-14)31-22(33)13-5-3-4-6-27-13/h3-11,25,29H,26H2,1-2H3,(H,31,33). The Balaban J connectivity index is 1.75. The van der Waals surface area contributed by atoms with Crippen molar-refractivity contribution in [3.63, 3.8) is 0 Å². The number of rotatable bonds is 6. The maximum Gasteiger partial charge on any atom is 0.275 e. The minimum atomic E-state index is -0.723. The van der Waals surface area contributed by atoms with Gasteiger partial charge < -0.3 is 26.2 Å². The van der Waals surface area contributed by atoms with E-state index in [1.165, 1.54) is 12.4 Å². The van der Waals surface area contributed by atoms with Crippen molar-refractivity contribution >= 4 is 46.6 Å². The van der Waals surface area contributed by atoms with Crippen molar-refractivity contribution in [2.24, 2.45) is 0 Å². The molecule has 1 aromatic carbocycles. The number of hydrogen-bond donors (Lipinski definition) is 4. The highest BCUT2D eigenvalue weighted by atomic mass is 35.5. The Kier molecular flexibility index (Phi) is 5.93. The van der Waals surface area contributed by atoms with E-state index in [0.29, 0.717) is 5.65 Å². The van der Waals surface area contributed by atoms with Gasteiger partial charge in [-0.2, -0.15) is 0 Å². The molecule has 0 aliphatic carbocycles. The molecule has 1 amide bonds. The molecular weight excluding hydrogens is 447 g/mol. The van der Waals surface area contributed by atoms with E-state index >= 15 is 4.39 Å². The molecule has 3 aromatic heterocycles. The van der Waals surface area contributed by atoms with Crippen molar-refractivity contribution in [2.45, 2.75) is 19.9 Å². The number of benzene rings is 1. The van der Waals surface area contributed by atoms with Crippen LogP contribution in [0.2, 0.25) is 5.02 Å². The van der Waals surface area contributed by atoms with Crippen LogP contribution in [0.15, 0.2) is 43.0 Å². The number of nitrogen functional groups attached to an aromatic ring is 1. The summed E-state index contributed by atoms with van der Waals surface area (Å²) in [5.74, 6) is -0.853. The molecule has 0 saturated carbocycles. The summed E-state index contributed by atoms with van der Waals surface area (Å²) >= 11 is 6.36. The van der Waals surface area contributed by atoms with E-state index in [-0.39, 0.29) is 50.8 Å². The number of pyridine rings is 1. The summed E-state index contributed by atoms with van der Waals surface area (Å²) in [6.07, 6.45) is 7.13. The lowest BCUT2D eigenvalue weighted by atomic mass is 10.0. The Morgan fingerprint density at radius 1 is 1.30 bits per heavy atom. The van der Waals surface area contributed by atoms with Crippen molar-refractivity contribution in [2.75, 3.05) is 16.4 Å². The predicted molar refractivity (Wildman–Crippen MR) is 127 cm³/mol. The molecule has 0 aliphatic rings. The summed E-state index contributed by atoms with van der Waals surface area (Å²) in [6.45, 7) is 3.67. The Hall–Kier alpha value is -4.05. The molecular formula is C22H20ClFN8O. The van der Waals surface area contributed by atoms with E-state index in [4.69, 9.17) is 22.7 Å². The van der Waals surface area contributed by atoms with Gasteiger partial charge in [-0.15, -0.1) is 0 Å². The average molecular weight is 467 g/mol. The molecule has 33 heavy (non-hydrogen) atoms. The SMILES string of the molecule is CC(C)Nc1c(N)c(C=N)c(-c2cn3cc(NC(=O)c4ccccn4)nc3cn2)c(Cl)c1F. The van der Waals surface area contributed by atoms with Gasteiger partial charge in [-0.1, -0.05) is 17.7 Å². The van der Waals surface area contributed by atoms with Gasteiger partial charge in [0.05, 0.1) is 34.5 Å². The molecule has 0 bridgehead atoms. The van der Waals surface area contributed by atoms with Crippen LogP contribution in [-0.2, 0) is 0 Å². The third-order valence-corrected chi connectivity index (χ3v) is 5.13. The van der Waals surface area contributed by atoms with Crippen LogP contribution >= 0.6 is 11.6 Å². The minimum Gasteiger partial charge on any atom is -0.396 e. The Morgan fingerprint density at radius 2 is 2.09 bits per heavy atom. The molecule has 0 radical (unpaired) electrons. The van der Waals surface area contributed by atoms with Crippen molar-refractivity contribution < 1.29 is 9.18 Å². The second kappa shape index (κ2) is 8.83. The third kappa shape index (κ3) is 4.20. The molecule has 0 aliphatic heterocycles. The van der Waals surface area contributed by atoms with E-state index in [9.17, 15) is 4.79 Å². The zero-order chi connectivity index (χ0) is 23.7.